The molecule has 3 nitrogen and oxygen atoms in total. The quantitative estimate of drug-likeness (QED) is 0.783. The van der Waals surface area contributed by atoms with Gasteiger partial charge in [-0.05, 0) is 32.4 Å². The van der Waals surface area contributed by atoms with Gasteiger partial charge in [0.15, 0.2) is 0 Å². The van der Waals surface area contributed by atoms with Crippen LogP contribution >= 0.6 is 23.2 Å². The molecule has 1 aromatic rings. The van der Waals surface area contributed by atoms with Gasteiger partial charge in [0.1, 0.15) is 5.15 Å². The van der Waals surface area contributed by atoms with E-state index in [1.807, 2.05) is 0 Å². The molecule has 0 spiro atoms. The average molecular weight is 300 g/mol. The minimum atomic E-state index is 0.461. The summed E-state index contributed by atoms with van der Waals surface area (Å²) in [5, 5.41) is 1.18. The molecule has 2 atom stereocenters. The Balaban J connectivity index is 1.71. The molecule has 5 heteroatoms. The van der Waals surface area contributed by atoms with Crippen LogP contribution in [0.2, 0.25) is 10.2 Å². The lowest BCUT2D eigenvalue weighted by molar-refractivity contribution is 0.0540. The van der Waals surface area contributed by atoms with E-state index >= 15 is 0 Å². The van der Waals surface area contributed by atoms with Crippen molar-refractivity contribution < 1.29 is 0 Å². The number of aromatic nitrogens is 1. The third-order valence-electron chi connectivity index (χ3n) is 4.34. The summed E-state index contributed by atoms with van der Waals surface area (Å²) in [7, 11) is 0. The van der Waals surface area contributed by atoms with Gasteiger partial charge in [-0.3, -0.25) is 9.80 Å². The zero-order chi connectivity index (χ0) is 13.4. The molecule has 0 N–H and O–H groups in total. The van der Waals surface area contributed by atoms with Crippen LogP contribution in [0, 0.1) is 0 Å². The van der Waals surface area contributed by atoms with Crippen molar-refractivity contribution in [2.45, 2.75) is 38.4 Å². The highest BCUT2D eigenvalue weighted by Gasteiger charge is 2.34. The summed E-state index contributed by atoms with van der Waals surface area (Å²) in [6.07, 6.45) is 4.47. The van der Waals surface area contributed by atoms with E-state index in [1.54, 1.807) is 12.3 Å². The summed E-state index contributed by atoms with van der Waals surface area (Å²) in [6.45, 7) is 6.75. The van der Waals surface area contributed by atoms with Crippen molar-refractivity contribution in [1.29, 1.82) is 0 Å². The van der Waals surface area contributed by atoms with Crippen molar-refractivity contribution in [3.8, 4) is 0 Å². The van der Waals surface area contributed by atoms with Crippen molar-refractivity contribution >= 4 is 23.2 Å². The molecule has 2 aliphatic heterocycles. The Labute approximate surface area is 124 Å². The maximum absolute atomic E-state index is 6.25. The summed E-state index contributed by atoms with van der Waals surface area (Å²) in [4.78, 5) is 9.29. The van der Waals surface area contributed by atoms with Crippen LogP contribution in [0.4, 0.5) is 0 Å². The topological polar surface area (TPSA) is 19.4 Å². The summed E-state index contributed by atoms with van der Waals surface area (Å²) < 4.78 is 0. The number of pyridine rings is 1. The van der Waals surface area contributed by atoms with E-state index in [0.717, 1.165) is 29.7 Å². The SMILES string of the molecule is CC1CN2CCCC2CN1Cc1cnc(Cl)cc1Cl. The van der Waals surface area contributed by atoms with Crippen LogP contribution in [-0.2, 0) is 6.54 Å². The van der Waals surface area contributed by atoms with Gasteiger partial charge in [-0.25, -0.2) is 4.98 Å². The van der Waals surface area contributed by atoms with E-state index in [4.69, 9.17) is 23.2 Å². The van der Waals surface area contributed by atoms with Crippen LogP contribution in [0.3, 0.4) is 0 Å². The zero-order valence-corrected chi connectivity index (χ0v) is 12.7. The fourth-order valence-corrected chi connectivity index (χ4v) is 3.66. The molecule has 0 aliphatic carbocycles. The number of rotatable bonds is 2. The number of nitrogens with zero attached hydrogens (tertiary/aromatic N) is 3. The van der Waals surface area contributed by atoms with Gasteiger partial charge < -0.3 is 0 Å². The largest absolute Gasteiger partial charge is 0.298 e. The molecule has 2 fully saturated rings. The molecular formula is C14H19Cl2N3. The van der Waals surface area contributed by atoms with Crippen molar-refractivity contribution in [3.05, 3.63) is 28.0 Å². The second-order valence-corrected chi connectivity index (χ2v) is 6.46. The van der Waals surface area contributed by atoms with Gasteiger partial charge in [0.05, 0.1) is 0 Å². The first kappa shape index (κ1) is 13.6. The van der Waals surface area contributed by atoms with Gasteiger partial charge in [-0.15, -0.1) is 0 Å². The molecule has 3 rings (SSSR count). The molecule has 19 heavy (non-hydrogen) atoms. The van der Waals surface area contributed by atoms with Gasteiger partial charge in [0.2, 0.25) is 0 Å². The third-order valence-corrected chi connectivity index (χ3v) is 4.89. The molecule has 2 saturated heterocycles. The standard InChI is InChI=1S/C14H19Cl2N3/c1-10-7-18-4-2-3-12(18)9-19(10)8-11-6-17-14(16)5-13(11)15/h5-6,10,12H,2-4,7-9H2,1H3. The van der Waals surface area contributed by atoms with Crippen LogP contribution in [-0.4, -0.2) is 46.5 Å². The Kier molecular flexibility index (Phi) is 3.99. The number of hydrogen-bond acceptors (Lipinski definition) is 3. The maximum Gasteiger partial charge on any atom is 0.130 e. The van der Waals surface area contributed by atoms with E-state index in [-0.39, 0.29) is 0 Å². The number of fused-ring (bicyclic) bond motifs is 1. The maximum atomic E-state index is 6.25. The number of piperazine rings is 1. The van der Waals surface area contributed by atoms with Crippen molar-refractivity contribution in [3.63, 3.8) is 0 Å². The van der Waals surface area contributed by atoms with Gasteiger partial charge in [0, 0.05) is 48.5 Å². The predicted molar refractivity (Wildman–Crippen MR) is 78.7 cm³/mol. The lowest BCUT2D eigenvalue weighted by Crippen LogP contribution is -2.54. The lowest BCUT2D eigenvalue weighted by Gasteiger charge is -2.42. The molecule has 104 valence electrons. The Hall–Kier alpha value is -0.350. The smallest absolute Gasteiger partial charge is 0.130 e. The molecule has 1 aromatic heterocycles. The Bertz CT molecular complexity index is 466. The van der Waals surface area contributed by atoms with E-state index in [1.165, 1.54) is 25.9 Å². The summed E-state index contributed by atoms with van der Waals surface area (Å²) in [5.74, 6) is 0. The Morgan fingerprint density at radius 2 is 2.21 bits per heavy atom. The van der Waals surface area contributed by atoms with Crippen LogP contribution < -0.4 is 0 Å². The van der Waals surface area contributed by atoms with Crippen LogP contribution in [0.1, 0.15) is 25.3 Å². The average Bonchev–Trinajstić information content (AvgIpc) is 2.80. The molecule has 0 bridgehead atoms. The molecule has 0 amide bonds. The van der Waals surface area contributed by atoms with Gasteiger partial charge in [0.25, 0.3) is 0 Å². The second-order valence-electron chi connectivity index (χ2n) is 5.67. The molecular weight excluding hydrogens is 281 g/mol. The summed E-state index contributed by atoms with van der Waals surface area (Å²) in [5.41, 5.74) is 1.07. The zero-order valence-electron chi connectivity index (χ0n) is 11.1. The van der Waals surface area contributed by atoms with Crippen LogP contribution in [0.5, 0.6) is 0 Å². The van der Waals surface area contributed by atoms with Gasteiger partial charge in [-0.2, -0.15) is 0 Å². The Morgan fingerprint density at radius 3 is 3.00 bits per heavy atom. The highest BCUT2D eigenvalue weighted by molar-refractivity contribution is 6.34. The van der Waals surface area contributed by atoms with Gasteiger partial charge >= 0.3 is 0 Å². The first-order valence-corrected chi connectivity index (χ1v) is 7.67. The number of hydrogen-bond donors (Lipinski definition) is 0. The third kappa shape index (κ3) is 2.89. The van der Waals surface area contributed by atoms with E-state index in [9.17, 15) is 0 Å². The molecule has 0 radical (unpaired) electrons. The fourth-order valence-electron chi connectivity index (χ4n) is 3.24. The minimum Gasteiger partial charge on any atom is -0.298 e. The highest BCUT2D eigenvalue weighted by Crippen LogP contribution is 2.27. The fraction of sp³-hybridized carbons (Fsp3) is 0.643. The predicted octanol–water partition coefficient (Wildman–Crippen LogP) is 3.06. The van der Waals surface area contributed by atoms with Crippen molar-refractivity contribution in [2.24, 2.45) is 0 Å². The van der Waals surface area contributed by atoms with Crippen molar-refractivity contribution in [1.82, 2.24) is 14.8 Å². The summed E-state index contributed by atoms with van der Waals surface area (Å²) in [6, 6.07) is 3.03. The van der Waals surface area contributed by atoms with Crippen molar-refractivity contribution in [2.75, 3.05) is 19.6 Å². The molecule has 2 aliphatic rings. The monoisotopic (exact) mass is 299 g/mol. The molecule has 2 unspecified atom stereocenters. The first-order valence-electron chi connectivity index (χ1n) is 6.91. The second kappa shape index (κ2) is 5.57. The first-order chi connectivity index (χ1) is 9.13. The van der Waals surface area contributed by atoms with Crippen LogP contribution in [0.15, 0.2) is 12.3 Å². The van der Waals surface area contributed by atoms with E-state index in [2.05, 4.69) is 21.7 Å². The minimum absolute atomic E-state index is 0.461. The van der Waals surface area contributed by atoms with E-state index < -0.39 is 0 Å². The van der Waals surface area contributed by atoms with Crippen LogP contribution in [0.25, 0.3) is 0 Å². The molecule has 0 aromatic carbocycles. The Morgan fingerprint density at radius 1 is 1.37 bits per heavy atom. The highest BCUT2D eigenvalue weighted by atomic mass is 35.5. The van der Waals surface area contributed by atoms with Gasteiger partial charge in [-0.1, -0.05) is 23.2 Å². The van der Waals surface area contributed by atoms with E-state index in [0.29, 0.717) is 11.2 Å². The molecule has 3 heterocycles. The summed E-state index contributed by atoms with van der Waals surface area (Å²) >= 11 is 12.1. The normalized spacial score (nSPS) is 28.6. The number of halogens is 2. The lowest BCUT2D eigenvalue weighted by atomic mass is 10.1. The molecule has 0 saturated carbocycles.